The summed E-state index contributed by atoms with van der Waals surface area (Å²) in [6, 6.07) is 10.0. The van der Waals surface area contributed by atoms with E-state index >= 15 is 0 Å². The van der Waals surface area contributed by atoms with E-state index in [0.717, 1.165) is 38.0 Å². The Labute approximate surface area is 138 Å². The molecule has 0 bridgehead atoms. The van der Waals surface area contributed by atoms with Gasteiger partial charge in [0.25, 0.3) is 0 Å². The summed E-state index contributed by atoms with van der Waals surface area (Å²) >= 11 is 0. The lowest BCUT2D eigenvalue weighted by Gasteiger charge is -2.31. The van der Waals surface area contributed by atoms with Crippen molar-refractivity contribution < 1.29 is 14.6 Å². The van der Waals surface area contributed by atoms with Crippen LogP contribution in [0.4, 0.5) is 0 Å². The minimum absolute atomic E-state index is 0.109. The topological polar surface area (TPSA) is 49.8 Å². The van der Waals surface area contributed by atoms with Crippen LogP contribution < -0.4 is 0 Å². The van der Waals surface area contributed by atoms with Gasteiger partial charge in [0.2, 0.25) is 5.91 Å². The zero-order valence-corrected chi connectivity index (χ0v) is 14.1. The van der Waals surface area contributed by atoms with Gasteiger partial charge in [-0.2, -0.15) is 0 Å². The van der Waals surface area contributed by atoms with Gasteiger partial charge in [-0.05, 0) is 44.1 Å². The third-order valence-corrected chi connectivity index (χ3v) is 5.08. The van der Waals surface area contributed by atoms with Gasteiger partial charge in [-0.3, -0.25) is 4.79 Å². The van der Waals surface area contributed by atoms with Gasteiger partial charge in [-0.25, -0.2) is 0 Å². The first-order valence-electron chi connectivity index (χ1n) is 8.53. The second kappa shape index (κ2) is 6.25. The maximum Gasteiger partial charge on any atom is 0.226 e. The van der Waals surface area contributed by atoms with E-state index in [1.807, 2.05) is 35.2 Å². The summed E-state index contributed by atoms with van der Waals surface area (Å²) in [6.07, 6.45) is 2.96. The minimum Gasteiger partial charge on any atom is -0.389 e. The summed E-state index contributed by atoms with van der Waals surface area (Å²) in [6.45, 7) is 5.99. The van der Waals surface area contributed by atoms with Crippen LogP contribution in [0, 0.1) is 11.3 Å². The Morgan fingerprint density at radius 3 is 2.57 bits per heavy atom. The lowest BCUT2D eigenvalue weighted by molar-refractivity contribution is -0.137. The van der Waals surface area contributed by atoms with Crippen LogP contribution >= 0.6 is 0 Å². The number of hydrogen-bond acceptors (Lipinski definition) is 3. The van der Waals surface area contributed by atoms with Crippen LogP contribution in [0.1, 0.15) is 38.7 Å². The van der Waals surface area contributed by atoms with Gasteiger partial charge in [0.1, 0.15) is 0 Å². The second-order valence-electron chi connectivity index (χ2n) is 7.72. The number of ether oxygens (including phenoxy) is 1. The summed E-state index contributed by atoms with van der Waals surface area (Å²) < 4.78 is 5.44. The van der Waals surface area contributed by atoms with Crippen LogP contribution in [-0.2, 0) is 16.1 Å². The van der Waals surface area contributed by atoms with Gasteiger partial charge in [0.05, 0.1) is 5.60 Å². The fourth-order valence-electron chi connectivity index (χ4n) is 3.73. The molecule has 1 aliphatic heterocycles. The van der Waals surface area contributed by atoms with E-state index in [-0.39, 0.29) is 17.2 Å². The van der Waals surface area contributed by atoms with Gasteiger partial charge in [0.15, 0.2) is 0 Å². The molecule has 1 saturated heterocycles. The van der Waals surface area contributed by atoms with Crippen molar-refractivity contribution in [1.82, 2.24) is 4.90 Å². The van der Waals surface area contributed by atoms with Crippen molar-refractivity contribution in [2.45, 2.75) is 45.3 Å². The molecular weight excluding hydrogens is 290 g/mol. The second-order valence-corrected chi connectivity index (χ2v) is 7.72. The lowest BCUT2D eigenvalue weighted by atomic mass is 9.93. The Bertz CT molecular complexity index is 543. The van der Waals surface area contributed by atoms with Gasteiger partial charge >= 0.3 is 0 Å². The summed E-state index contributed by atoms with van der Waals surface area (Å²) in [5.41, 5.74) is 0.387. The molecule has 126 valence electrons. The highest BCUT2D eigenvalue weighted by molar-refractivity contribution is 5.82. The van der Waals surface area contributed by atoms with Crippen LogP contribution in [0.15, 0.2) is 30.3 Å². The van der Waals surface area contributed by atoms with E-state index in [4.69, 9.17) is 4.74 Å². The molecule has 1 N–H and O–H groups in total. The first-order chi connectivity index (χ1) is 10.9. The van der Waals surface area contributed by atoms with Crippen molar-refractivity contribution in [1.29, 1.82) is 0 Å². The quantitative estimate of drug-likeness (QED) is 0.908. The first-order valence-corrected chi connectivity index (χ1v) is 8.53. The molecule has 4 heteroatoms. The highest BCUT2D eigenvalue weighted by Crippen LogP contribution is 2.59. The Hall–Kier alpha value is -1.39. The average molecular weight is 317 g/mol. The molecule has 1 heterocycles. The van der Waals surface area contributed by atoms with E-state index < -0.39 is 5.60 Å². The molecule has 1 saturated carbocycles. The van der Waals surface area contributed by atoms with Gasteiger partial charge in [-0.1, -0.05) is 30.3 Å². The smallest absolute Gasteiger partial charge is 0.226 e. The zero-order valence-electron chi connectivity index (χ0n) is 14.1. The first kappa shape index (κ1) is 16.5. The van der Waals surface area contributed by atoms with Crippen molar-refractivity contribution in [3.05, 3.63) is 35.9 Å². The van der Waals surface area contributed by atoms with Crippen LogP contribution in [0.2, 0.25) is 0 Å². The molecule has 0 aromatic heterocycles. The molecule has 23 heavy (non-hydrogen) atoms. The number of carbonyl (C=O) groups is 1. The van der Waals surface area contributed by atoms with Gasteiger partial charge in [0, 0.05) is 32.2 Å². The molecular formula is C19H27NO3. The summed E-state index contributed by atoms with van der Waals surface area (Å²) in [7, 11) is 0. The Morgan fingerprint density at radius 2 is 1.96 bits per heavy atom. The average Bonchev–Trinajstić information content (AvgIpc) is 3.19. The highest BCUT2D eigenvalue weighted by Gasteiger charge is 2.59. The number of amides is 1. The van der Waals surface area contributed by atoms with E-state index in [2.05, 4.69) is 0 Å². The van der Waals surface area contributed by atoms with Crippen molar-refractivity contribution in [2.75, 3.05) is 19.8 Å². The maximum absolute atomic E-state index is 13.0. The predicted octanol–water partition coefficient (Wildman–Crippen LogP) is 2.60. The van der Waals surface area contributed by atoms with E-state index in [0.29, 0.717) is 13.1 Å². The van der Waals surface area contributed by atoms with E-state index in [9.17, 15) is 9.90 Å². The van der Waals surface area contributed by atoms with E-state index in [1.54, 1.807) is 13.8 Å². The molecule has 1 spiro atoms. The zero-order chi connectivity index (χ0) is 16.5. The number of carbonyl (C=O) groups excluding carboxylic acids is 1. The van der Waals surface area contributed by atoms with Crippen molar-refractivity contribution in [3.63, 3.8) is 0 Å². The minimum atomic E-state index is -0.887. The third-order valence-electron chi connectivity index (χ3n) is 5.08. The summed E-state index contributed by atoms with van der Waals surface area (Å²) in [4.78, 5) is 14.9. The van der Waals surface area contributed by atoms with Crippen molar-refractivity contribution in [3.8, 4) is 0 Å². The molecule has 0 radical (unpaired) electrons. The number of rotatable bonds is 5. The van der Waals surface area contributed by atoms with E-state index in [1.165, 1.54) is 0 Å². The molecule has 2 fully saturated rings. The molecule has 4 nitrogen and oxygen atoms in total. The van der Waals surface area contributed by atoms with Crippen molar-refractivity contribution in [2.24, 2.45) is 11.3 Å². The molecule has 3 rings (SSSR count). The fourth-order valence-corrected chi connectivity index (χ4v) is 3.73. The number of nitrogens with zero attached hydrogens (tertiary/aromatic N) is 1. The normalized spacial score (nSPS) is 22.8. The molecule has 2 aliphatic rings. The largest absolute Gasteiger partial charge is 0.389 e. The number of benzene rings is 1. The number of hydrogen-bond donors (Lipinski definition) is 1. The Balaban J connectivity index is 1.71. The SMILES string of the molecule is CC(C)(O)CN(Cc1ccccc1)C(=O)C1CC12CCOCC2. The fraction of sp³-hybridized carbons (Fsp3) is 0.632. The number of aliphatic hydroxyl groups is 1. The summed E-state index contributed by atoms with van der Waals surface area (Å²) in [5.74, 6) is 0.301. The summed E-state index contributed by atoms with van der Waals surface area (Å²) in [5, 5.41) is 10.2. The Kier molecular flexibility index (Phi) is 4.47. The maximum atomic E-state index is 13.0. The van der Waals surface area contributed by atoms with Crippen LogP contribution in [0.5, 0.6) is 0 Å². The molecule has 1 atom stereocenters. The molecule has 1 aliphatic carbocycles. The van der Waals surface area contributed by atoms with Crippen molar-refractivity contribution >= 4 is 5.91 Å². The third kappa shape index (κ3) is 3.93. The predicted molar refractivity (Wildman–Crippen MR) is 88.7 cm³/mol. The lowest BCUT2D eigenvalue weighted by Crippen LogP contribution is -2.43. The van der Waals surface area contributed by atoms with Gasteiger partial charge < -0.3 is 14.7 Å². The standard InChI is InChI=1S/C19H27NO3/c1-18(2,22)14-20(13-15-6-4-3-5-7-15)17(21)16-12-19(16)8-10-23-11-9-19/h3-7,16,22H,8-14H2,1-2H3. The van der Waals surface area contributed by atoms with Crippen LogP contribution in [-0.4, -0.2) is 41.3 Å². The van der Waals surface area contributed by atoms with Crippen LogP contribution in [0.3, 0.4) is 0 Å². The van der Waals surface area contributed by atoms with Crippen LogP contribution in [0.25, 0.3) is 0 Å². The highest BCUT2D eigenvalue weighted by atomic mass is 16.5. The Morgan fingerprint density at radius 1 is 1.30 bits per heavy atom. The molecule has 1 aromatic rings. The molecule has 1 unspecified atom stereocenters. The molecule has 1 amide bonds. The molecule has 1 aromatic carbocycles. The monoisotopic (exact) mass is 317 g/mol. The van der Waals surface area contributed by atoms with Gasteiger partial charge in [-0.15, -0.1) is 0 Å².